The maximum atomic E-state index is 12.7. The number of amides is 2. The molecule has 2 aromatic rings. The van der Waals surface area contributed by atoms with Gasteiger partial charge in [0.15, 0.2) is 17.3 Å². The molecule has 0 radical (unpaired) electrons. The van der Waals surface area contributed by atoms with Crippen LogP contribution in [0.4, 0.5) is 10.5 Å². The van der Waals surface area contributed by atoms with Crippen molar-refractivity contribution >= 4 is 11.7 Å². The zero-order valence-electron chi connectivity index (χ0n) is 16.8. The molecule has 1 aromatic carbocycles. The lowest BCUT2D eigenvalue weighted by atomic mass is 10.1. The molecule has 3 heterocycles. The number of urea groups is 1. The summed E-state index contributed by atoms with van der Waals surface area (Å²) in [6.07, 6.45) is 4.02. The minimum absolute atomic E-state index is 0.0599. The first kappa shape index (κ1) is 19.2. The molecule has 1 unspecified atom stereocenters. The van der Waals surface area contributed by atoms with Crippen LogP contribution in [0, 0.1) is 5.92 Å². The maximum absolute atomic E-state index is 12.7. The molecule has 1 atom stereocenters. The Kier molecular flexibility index (Phi) is 5.44. The fourth-order valence-corrected chi connectivity index (χ4v) is 3.70. The third kappa shape index (κ3) is 4.51. The van der Waals surface area contributed by atoms with Gasteiger partial charge in [-0.25, -0.2) is 4.79 Å². The summed E-state index contributed by atoms with van der Waals surface area (Å²) in [7, 11) is 0. The first-order valence-corrected chi connectivity index (χ1v) is 10.6. The molecular formula is C21H26N4O5. The van der Waals surface area contributed by atoms with Crippen molar-refractivity contribution in [1.82, 2.24) is 15.0 Å². The molecule has 160 valence electrons. The van der Waals surface area contributed by atoms with E-state index in [1.54, 1.807) is 11.0 Å². The Labute approximate surface area is 174 Å². The molecule has 1 N–H and O–H groups in total. The van der Waals surface area contributed by atoms with Gasteiger partial charge < -0.3 is 29.0 Å². The Morgan fingerprint density at radius 3 is 2.93 bits per heavy atom. The predicted molar refractivity (Wildman–Crippen MR) is 107 cm³/mol. The molecular weight excluding hydrogens is 388 g/mol. The summed E-state index contributed by atoms with van der Waals surface area (Å²) in [5, 5.41) is 6.99. The van der Waals surface area contributed by atoms with E-state index in [2.05, 4.69) is 15.5 Å². The van der Waals surface area contributed by atoms with Crippen molar-refractivity contribution in [2.45, 2.75) is 31.6 Å². The minimum atomic E-state index is -0.151. The van der Waals surface area contributed by atoms with Gasteiger partial charge in [0.25, 0.3) is 0 Å². The van der Waals surface area contributed by atoms with Crippen molar-refractivity contribution in [2.75, 3.05) is 44.8 Å². The highest BCUT2D eigenvalue weighted by Crippen LogP contribution is 2.33. The number of carbonyl (C=O) groups is 1. The zero-order chi connectivity index (χ0) is 20.3. The topological polar surface area (TPSA) is 99.0 Å². The van der Waals surface area contributed by atoms with Crippen LogP contribution in [0.2, 0.25) is 0 Å². The number of hydrogen-bond acceptors (Lipinski definition) is 7. The van der Waals surface area contributed by atoms with E-state index in [-0.39, 0.29) is 11.9 Å². The molecule has 2 fully saturated rings. The molecule has 1 aliphatic carbocycles. The standard InChI is InChI=1S/C21H26N4O5/c26-21(22-16-3-4-17-18(11-16)29-10-9-28-17)25-7-5-15(12-25)20-23-19(24-30-20)6-8-27-13-14-1-2-14/h3-4,11,14-15H,1-2,5-10,12-13H2,(H,22,26). The highest BCUT2D eigenvalue weighted by atomic mass is 16.6. The fourth-order valence-electron chi connectivity index (χ4n) is 3.70. The number of fused-ring (bicyclic) bond motifs is 1. The summed E-state index contributed by atoms with van der Waals surface area (Å²) in [6, 6.07) is 5.26. The second-order valence-electron chi connectivity index (χ2n) is 8.04. The first-order valence-electron chi connectivity index (χ1n) is 10.6. The van der Waals surface area contributed by atoms with Gasteiger partial charge in [-0.15, -0.1) is 0 Å². The monoisotopic (exact) mass is 414 g/mol. The van der Waals surface area contributed by atoms with Gasteiger partial charge in [0, 0.05) is 37.9 Å². The Morgan fingerprint density at radius 1 is 1.20 bits per heavy atom. The van der Waals surface area contributed by atoms with E-state index in [0.29, 0.717) is 68.2 Å². The van der Waals surface area contributed by atoms with E-state index in [1.165, 1.54) is 12.8 Å². The molecule has 1 aromatic heterocycles. The van der Waals surface area contributed by atoms with Crippen LogP contribution in [0.15, 0.2) is 22.7 Å². The number of hydrogen-bond donors (Lipinski definition) is 1. The lowest BCUT2D eigenvalue weighted by Crippen LogP contribution is -2.32. The van der Waals surface area contributed by atoms with E-state index in [1.807, 2.05) is 12.1 Å². The largest absolute Gasteiger partial charge is 0.486 e. The smallest absolute Gasteiger partial charge is 0.321 e. The van der Waals surface area contributed by atoms with Gasteiger partial charge in [-0.3, -0.25) is 0 Å². The van der Waals surface area contributed by atoms with Crippen molar-refractivity contribution in [1.29, 1.82) is 0 Å². The minimum Gasteiger partial charge on any atom is -0.486 e. The third-order valence-corrected chi connectivity index (χ3v) is 5.62. The average molecular weight is 414 g/mol. The SMILES string of the molecule is O=C(Nc1ccc2c(c1)OCCO2)N1CCC(c2nc(CCOCC3CC3)no2)C1. The van der Waals surface area contributed by atoms with E-state index < -0.39 is 0 Å². The quantitative estimate of drug-likeness (QED) is 0.696. The maximum Gasteiger partial charge on any atom is 0.321 e. The Hall–Kier alpha value is -2.81. The number of nitrogens with zero attached hydrogens (tertiary/aromatic N) is 3. The van der Waals surface area contributed by atoms with Crippen LogP contribution < -0.4 is 14.8 Å². The molecule has 9 nitrogen and oxygen atoms in total. The molecule has 0 bridgehead atoms. The summed E-state index contributed by atoms with van der Waals surface area (Å²) in [5.41, 5.74) is 0.680. The summed E-state index contributed by atoms with van der Waals surface area (Å²) in [5.74, 6) is 3.43. The fraction of sp³-hybridized carbons (Fsp3) is 0.571. The third-order valence-electron chi connectivity index (χ3n) is 5.62. The van der Waals surface area contributed by atoms with Crippen LogP contribution in [0.5, 0.6) is 11.5 Å². The summed E-state index contributed by atoms with van der Waals surface area (Å²) >= 11 is 0. The first-order chi connectivity index (χ1) is 14.7. The van der Waals surface area contributed by atoms with Crippen molar-refractivity contribution < 1.29 is 23.5 Å². The normalized spacial score (nSPS) is 20.4. The zero-order valence-corrected chi connectivity index (χ0v) is 16.8. The Bertz CT molecular complexity index is 897. The molecule has 2 amide bonds. The van der Waals surface area contributed by atoms with Gasteiger partial charge >= 0.3 is 6.03 Å². The number of anilines is 1. The van der Waals surface area contributed by atoms with Crippen LogP contribution in [-0.2, 0) is 11.2 Å². The highest BCUT2D eigenvalue weighted by Gasteiger charge is 2.31. The number of likely N-dealkylation sites (tertiary alicyclic amines) is 1. The molecule has 3 aliphatic rings. The van der Waals surface area contributed by atoms with Gasteiger partial charge in [0.05, 0.1) is 12.5 Å². The predicted octanol–water partition coefficient (Wildman–Crippen LogP) is 2.83. The number of carbonyl (C=O) groups excluding carboxylic acids is 1. The van der Waals surface area contributed by atoms with Crippen LogP contribution in [0.1, 0.15) is 36.9 Å². The van der Waals surface area contributed by atoms with Crippen LogP contribution in [0.25, 0.3) is 0 Å². The van der Waals surface area contributed by atoms with E-state index in [4.69, 9.17) is 18.7 Å². The number of benzene rings is 1. The average Bonchev–Trinajstić information content (AvgIpc) is 3.25. The van der Waals surface area contributed by atoms with Crippen molar-refractivity contribution in [3.63, 3.8) is 0 Å². The lowest BCUT2D eigenvalue weighted by molar-refractivity contribution is 0.125. The van der Waals surface area contributed by atoms with Crippen LogP contribution in [-0.4, -0.2) is 60.6 Å². The van der Waals surface area contributed by atoms with Gasteiger partial charge in [0.1, 0.15) is 13.2 Å². The Balaban J connectivity index is 1.11. The number of ether oxygens (including phenoxy) is 3. The highest BCUT2D eigenvalue weighted by molar-refractivity contribution is 5.90. The van der Waals surface area contributed by atoms with E-state index >= 15 is 0 Å². The van der Waals surface area contributed by atoms with Gasteiger partial charge in [-0.1, -0.05) is 5.16 Å². The summed E-state index contributed by atoms with van der Waals surface area (Å²) < 4.78 is 22.2. The number of rotatable bonds is 7. The van der Waals surface area contributed by atoms with Gasteiger partial charge in [-0.2, -0.15) is 4.98 Å². The lowest BCUT2D eigenvalue weighted by Gasteiger charge is -2.20. The molecule has 30 heavy (non-hydrogen) atoms. The number of nitrogens with one attached hydrogen (secondary N) is 1. The van der Waals surface area contributed by atoms with Crippen LogP contribution in [0.3, 0.4) is 0 Å². The molecule has 0 spiro atoms. The van der Waals surface area contributed by atoms with E-state index in [0.717, 1.165) is 18.9 Å². The van der Waals surface area contributed by atoms with Crippen molar-refractivity contribution in [2.24, 2.45) is 5.92 Å². The summed E-state index contributed by atoms with van der Waals surface area (Å²) in [4.78, 5) is 18.9. The Morgan fingerprint density at radius 2 is 2.07 bits per heavy atom. The molecule has 1 saturated carbocycles. The van der Waals surface area contributed by atoms with Gasteiger partial charge in [0.2, 0.25) is 5.89 Å². The van der Waals surface area contributed by atoms with E-state index in [9.17, 15) is 4.79 Å². The molecule has 1 saturated heterocycles. The molecule has 9 heteroatoms. The summed E-state index contributed by atoms with van der Waals surface area (Å²) in [6.45, 7) is 3.69. The van der Waals surface area contributed by atoms with Gasteiger partial charge in [-0.05, 0) is 37.3 Å². The van der Waals surface area contributed by atoms with Crippen molar-refractivity contribution in [3.8, 4) is 11.5 Å². The van der Waals surface area contributed by atoms with Crippen LogP contribution >= 0.6 is 0 Å². The number of aromatic nitrogens is 2. The van der Waals surface area contributed by atoms with Crippen molar-refractivity contribution in [3.05, 3.63) is 29.9 Å². The second-order valence-corrected chi connectivity index (χ2v) is 8.04. The molecule has 2 aliphatic heterocycles. The molecule has 5 rings (SSSR count). The second kappa shape index (κ2) is 8.51.